The lowest BCUT2D eigenvalue weighted by atomic mass is 10.0. The SMILES string of the molecule is COC(CC(N)=O)c1ccc2[nH]nc(-c3cc4ccccc4o3)c2c1. The van der Waals surface area contributed by atoms with E-state index >= 15 is 0 Å². The van der Waals surface area contributed by atoms with Crippen LogP contribution in [0.3, 0.4) is 0 Å². The third kappa shape index (κ3) is 2.77. The summed E-state index contributed by atoms with van der Waals surface area (Å²) in [5, 5.41) is 9.34. The molecule has 0 spiro atoms. The van der Waals surface area contributed by atoms with Crippen LogP contribution < -0.4 is 5.73 Å². The van der Waals surface area contributed by atoms with Crippen molar-refractivity contribution in [2.24, 2.45) is 5.73 Å². The minimum absolute atomic E-state index is 0.125. The molecule has 0 saturated carbocycles. The van der Waals surface area contributed by atoms with E-state index in [0.717, 1.165) is 33.1 Å². The monoisotopic (exact) mass is 335 g/mol. The number of aromatic amines is 1. The van der Waals surface area contributed by atoms with Gasteiger partial charge in [-0.25, -0.2) is 0 Å². The Morgan fingerprint density at radius 3 is 2.88 bits per heavy atom. The summed E-state index contributed by atoms with van der Waals surface area (Å²) in [5.74, 6) is 0.283. The van der Waals surface area contributed by atoms with Crippen LogP contribution in [0.2, 0.25) is 0 Å². The molecule has 6 nitrogen and oxygen atoms in total. The quantitative estimate of drug-likeness (QED) is 0.583. The molecule has 2 heterocycles. The zero-order valence-corrected chi connectivity index (χ0v) is 13.7. The molecule has 0 radical (unpaired) electrons. The molecule has 0 aliphatic heterocycles. The van der Waals surface area contributed by atoms with Crippen molar-refractivity contribution >= 4 is 27.8 Å². The predicted molar refractivity (Wildman–Crippen MR) is 94.9 cm³/mol. The summed E-state index contributed by atoms with van der Waals surface area (Å²) in [6, 6.07) is 15.6. The highest BCUT2D eigenvalue weighted by Gasteiger charge is 2.18. The van der Waals surface area contributed by atoms with Crippen molar-refractivity contribution in [2.45, 2.75) is 12.5 Å². The van der Waals surface area contributed by atoms with E-state index in [2.05, 4.69) is 10.2 Å². The molecule has 0 fully saturated rings. The van der Waals surface area contributed by atoms with E-state index in [1.165, 1.54) is 0 Å². The van der Waals surface area contributed by atoms with Crippen molar-refractivity contribution in [3.63, 3.8) is 0 Å². The van der Waals surface area contributed by atoms with Crippen LogP contribution in [0.25, 0.3) is 33.3 Å². The van der Waals surface area contributed by atoms with Gasteiger partial charge in [-0.15, -0.1) is 0 Å². The number of benzene rings is 2. The molecule has 0 aliphatic rings. The number of rotatable bonds is 5. The van der Waals surface area contributed by atoms with Crippen molar-refractivity contribution in [1.29, 1.82) is 0 Å². The molecule has 2 aromatic carbocycles. The van der Waals surface area contributed by atoms with Crippen LogP contribution in [0.4, 0.5) is 0 Å². The summed E-state index contributed by atoms with van der Waals surface area (Å²) in [7, 11) is 1.56. The molecule has 2 aromatic heterocycles. The van der Waals surface area contributed by atoms with Crippen LogP contribution in [0, 0.1) is 0 Å². The standard InChI is InChI=1S/C19H17N3O3/c1-24-16(10-18(20)23)12-6-7-14-13(8-12)19(22-21-14)17-9-11-4-2-3-5-15(11)25-17/h2-9,16H,10H2,1H3,(H2,20,23)(H,21,22). The minimum Gasteiger partial charge on any atom is -0.454 e. The number of ether oxygens (including phenoxy) is 1. The van der Waals surface area contributed by atoms with Crippen LogP contribution in [0.1, 0.15) is 18.1 Å². The number of fused-ring (bicyclic) bond motifs is 2. The lowest BCUT2D eigenvalue weighted by Crippen LogP contribution is -2.16. The topological polar surface area (TPSA) is 94.1 Å². The number of hydrogen-bond donors (Lipinski definition) is 2. The molecule has 1 amide bonds. The fraction of sp³-hybridized carbons (Fsp3) is 0.158. The molecule has 25 heavy (non-hydrogen) atoms. The lowest BCUT2D eigenvalue weighted by Gasteiger charge is -2.13. The van der Waals surface area contributed by atoms with Gasteiger partial charge in [0.05, 0.1) is 18.0 Å². The van der Waals surface area contributed by atoms with Crippen molar-refractivity contribution in [2.75, 3.05) is 7.11 Å². The Labute approximate surface area is 143 Å². The number of para-hydroxylation sites is 1. The largest absolute Gasteiger partial charge is 0.454 e. The van der Waals surface area contributed by atoms with Gasteiger partial charge < -0.3 is 14.9 Å². The number of nitrogens with two attached hydrogens (primary N) is 1. The number of carbonyl (C=O) groups excluding carboxylic acids is 1. The second-order valence-electron chi connectivity index (χ2n) is 5.92. The van der Waals surface area contributed by atoms with Crippen molar-refractivity contribution < 1.29 is 13.9 Å². The maximum Gasteiger partial charge on any atom is 0.220 e. The summed E-state index contributed by atoms with van der Waals surface area (Å²) < 4.78 is 11.3. The lowest BCUT2D eigenvalue weighted by molar-refractivity contribution is -0.120. The van der Waals surface area contributed by atoms with Gasteiger partial charge in [0.1, 0.15) is 11.3 Å². The third-order valence-electron chi connectivity index (χ3n) is 4.29. The van der Waals surface area contributed by atoms with Crippen molar-refractivity contribution in [3.05, 3.63) is 54.1 Å². The fourth-order valence-electron chi connectivity index (χ4n) is 3.04. The average Bonchev–Trinajstić information content (AvgIpc) is 3.22. The van der Waals surface area contributed by atoms with Gasteiger partial charge >= 0.3 is 0 Å². The zero-order chi connectivity index (χ0) is 17.4. The molecule has 4 rings (SSSR count). The smallest absolute Gasteiger partial charge is 0.220 e. The van der Waals surface area contributed by atoms with E-state index in [-0.39, 0.29) is 12.5 Å². The second kappa shape index (κ2) is 6.07. The van der Waals surface area contributed by atoms with E-state index in [9.17, 15) is 4.79 Å². The van der Waals surface area contributed by atoms with Gasteiger partial charge in [0, 0.05) is 17.9 Å². The van der Waals surface area contributed by atoms with E-state index in [4.69, 9.17) is 14.9 Å². The number of furan rings is 1. The number of methoxy groups -OCH3 is 1. The summed E-state index contributed by atoms with van der Waals surface area (Å²) in [5.41, 5.74) is 8.60. The molecule has 126 valence electrons. The first-order valence-corrected chi connectivity index (χ1v) is 7.94. The van der Waals surface area contributed by atoms with Gasteiger partial charge in [0.2, 0.25) is 5.91 Å². The molecule has 4 aromatic rings. The average molecular weight is 335 g/mol. The molecular weight excluding hydrogens is 318 g/mol. The van der Waals surface area contributed by atoms with E-state index in [1.807, 2.05) is 48.5 Å². The highest BCUT2D eigenvalue weighted by Crippen LogP contribution is 2.33. The summed E-state index contributed by atoms with van der Waals surface area (Å²) in [4.78, 5) is 11.3. The summed E-state index contributed by atoms with van der Waals surface area (Å²) in [6.07, 6.45) is -0.264. The Morgan fingerprint density at radius 2 is 2.12 bits per heavy atom. The van der Waals surface area contributed by atoms with Crippen LogP contribution in [-0.4, -0.2) is 23.2 Å². The summed E-state index contributed by atoms with van der Waals surface area (Å²) in [6.45, 7) is 0. The molecular formula is C19H17N3O3. The predicted octanol–water partition coefficient (Wildman–Crippen LogP) is 3.54. The van der Waals surface area contributed by atoms with Crippen LogP contribution in [0.5, 0.6) is 0 Å². The number of aromatic nitrogens is 2. The normalized spacial score (nSPS) is 12.7. The Kier molecular flexibility index (Phi) is 3.74. The number of nitrogens with zero attached hydrogens (tertiary/aromatic N) is 1. The first-order chi connectivity index (χ1) is 12.2. The third-order valence-corrected chi connectivity index (χ3v) is 4.29. The zero-order valence-electron chi connectivity index (χ0n) is 13.7. The first-order valence-electron chi connectivity index (χ1n) is 7.94. The van der Waals surface area contributed by atoms with Gasteiger partial charge in [-0.1, -0.05) is 24.3 Å². The Balaban J connectivity index is 1.82. The maximum atomic E-state index is 11.3. The Bertz CT molecular complexity index is 1030. The van der Waals surface area contributed by atoms with Crippen LogP contribution >= 0.6 is 0 Å². The highest BCUT2D eigenvalue weighted by atomic mass is 16.5. The number of primary amides is 1. The summed E-state index contributed by atoms with van der Waals surface area (Å²) >= 11 is 0. The van der Waals surface area contributed by atoms with E-state index < -0.39 is 5.91 Å². The number of H-pyrrole nitrogens is 1. The number of hydrogen-bond acceptors (Lipinski definition) is 4. The van der Waals surface area contributed by atoms with Gasteiger partial charge in [-0.05, 0) is 29.8 Å². The van der Waals surface area contributed by atoms with Gasteiger partial charge in [0.15, 0.2) is 5.76 Å². The first kappa shape index (κ1) is 15.4. The van der Waals surface area contributed by atoms with Crippen LogP contribution in [0.15, 0.2) is 52.9 Å². The molecule has 1 atom stereocenters. The van der Waals surface area contributed by atoms with Gasteiger partial charge in [0.25, 0.3) is 0 Å². The van der Waals surface area contributed by atoms with Crippen LogP contribution in [-0.2, 0) is 9.53 Å². The molecule has 1 unspecified atom stereocenters. The highest BCUT2D eigenvalue weighted by molar-refractivity contribution is 5.94. The van der Waals surface area contributed by atoms with E-state index in [0.29, 0.717) is 5.76 Å². The Morgan fingerprint density at radius 1 is 1.28 bits per heavy atom. The van der Waals surface area contributed by atoms with E-state index in [1.54, 1.807) is 7.11 Å². The molecule has 0 bridgehead atoms. The molecule has 0 aliphatic carbocycles. The van der Waals surface area contributed by atoms with Crippen molar-refractivity contribution in [1.82, 2.24) is 10.2 Å². The molecule has 6 heteroatoms. The van der Waals surface area contributed by atoms with Crippen molar-refractivity contribution in [3.8, 4) is 11.5 Å². The van der Waals surface area contributed by atoms with Gasteiger partial charge in [-0.2, -0.15) is 5.10 Å². The number of nitrogens with one attached hydrogen (secondary N) is 1. The number of amides is 1. The minimum atomic E-state index is -0.406. The molecule has 0 saturated heterocycles. The fourth-order valence-corrected chi connectivity index (χ4v) is 3.04. The second-order valence-corrected chi connectivity index (χ2v) is 5.92. The molecule has 3 N–H and O–H groups in total. The number of carbonyl (C=O) groups is 1. The Hall–Kier alpha value is -3.12. The van der Waals surface area contributed by atoms with Gasteiger partial charge in [-0.3, -0.25) is 9.89 Å². The maximum absolute atomic E-state index is 11.3.